The number of carbonyl (C=O) groups is 1. The second-order valence-corrected chi connectivity index (χ2v) is 6.14. The van der Waals surface area contributed by atoms with Crippen LogP contribution < -0.4 is 15.5 Å². The van der Waals surface area contributed by atoms with E-state index in [1.165, 1.54) is 25.2 Å². The Kier molecular flexibility index (Phi) is 5.93. The summed E-state index contributed by atoms with van der Waals surface area (Å²) >= 11 is 0. The highest BCUT2D eigenvalue weighted by Gasteiger charge is 2.14. The quantitative estimate of drug-likeness (QED) is 0.740. The van der Waals surface area contributed by atoms with Crippen molar-refractivity contribution >= 4 is 17.5 Å². The number of amides is 1. The number of nitrogens with one attached hydrogen (secondary N) is 2. The number of halogens is 2. The van der Waals surface area contributed by atoms with Crippen LogP contribution in [0.5, 0.6) is 0 Å². The van der Waals surface area contributed by atoms with E-state index in [-0.39, 0.29) is 17.9 Å². The van der Waals surface area contributed by atoms with Crippen molar-refractivity contribution in [1.82, 2.24) is 15.3 Å². The average Bonchev–Trinajstić information content (AvgIpc) is 3.16. The highest BCUT2D eigenvalue weighted by molar-refractivity contribution is 5.78. The van der Waals surface area contributed by atoms with Crippen molar-refractivity contribution < 1.29 is 13.6 Å². The molecule has 0 atom stereocenters. The molecule has 0 aliphatic carbocycles. The highest BCUT2D eigenvalue weighted by Crippen LogP contribution is 2.19. The van der Waals surface area contributed by atoms with E-state index in [9.17, 15) is 13.6 Å². The van der Waals surface area contributed by atoms with E-state index in [0.29, 0.717) is 18.9 Å². The molecule has 1 saturated heterocycles. The van der Waals surface area contributed by atoms with Gasteiger partial charge in [0.05, 0.1) is 6.42 Å². The third-order valence-corrected chi connectivity index (χ3v) is 4.20. The van der Waals surface area contributed by atoms with Crippen molar-refractivity contribution in [2.24, 2.45) is 0 Å². The van der Waals surface area contributed by atoms with Crippen LogP contribution in [-0.2, 0) is 11.2 Å². The lowest BCUT2D eigenvalue weighted by atomic mass is 10.1. The fourth-order valence-electron chi connectivity index (χ4n) is 2.86. The number of carbonyl (C=O) groups excluding carboxylic acids is 1. The Balaban J connectivity index is 1.42. The molecule has 1 aliphatic heterocycles. The number of nitrogens with zero attached hydrogens (tertiary/aromatic N) is 3. The van der Waals surface area contributed by atoms with Gasteiger partial charge in [0.2, 0.25) is 5.91 Å². The molecule has 2 heterocycles. The number of rotatable bonds is 7. The SMILES string of the molecule is O=C(Cc1ccc(F)cc1F)NCCNc1cc(N2CCCC2)ncn1. The number of benzene rings is 1. The van der Waals surface area contributed by atoms with Crippen molar-refractivity contribution in [1.29, 1.82) is 0 Å². The zero-order valence-corrected chi connectivity index (χ0v) is 14.3. The topological polar surface area (TPSA) is 70.2 Å². The molecule has 1 aromatic carbocycles. The number of hydrogen-bond donors (Lipinski definition) is 2. The fraction of sp³-hybridized carbons (Fsp3) is 0.389. The Morgan fingerprint density at radius 1 is 1.12 bits per heavy atom. The number of hydrogen-bond acceptors (Lipinski definition) is 5. The van der Waals surface area contributed by atoms with E-state index >= 15 is 0 Å². The van der Waals surface area contributed by atoms with Crippen molar-refractivity contribution in [3.05, 3.63) is 47.8 Å². The molecule has 0 bridgehead atoms. The predicted octanol–water partition coefficient (Wildman–Crippen LogP) is 2.13. The minimum atomic E-state index is -0.714. The lowest BCUT2D eigenvalue weighted by molar-refractivity contribution is -0.120. The molecule has 1 fully saturated rings. The maximum absolute atomic E-state index is 13.5. The van der Waals surface area contributed by atoms with Crippen molar-refractivity contribution in [2.45, 2.75) is 19.3 Å². The van der Waals surface area contributed by atoms with Crippen LogP contribution in [0.4, 0.5) is 20.4 Å². The van der Waals surface area contributed by atoms with Gasteiger partial charge in [-0.15, -0.1) is 0 Å². The molecule has 0 saturated carbocycles. The maximum Gasteiger partial charge on any atom is 0.224 e. The Labute approximate surface area is 150 Å². The van der Waals surface area contributed by atoms with Crippen LogP contribution in [0.3, 0.4) is 0 Å². The molecule has 1 aliphatic rings. The summed E-state index contributed by atoms with van der Waals surface area (Å²) in [7, 11) is 0. The van der Waals surface area contributed by atoms with Gasteiger partial charge in [0.25, 0.3) is 0 Å². The summed E-state index contributed by atoms with van der Waals surface area (Å²) < 4.78 is 26.4. The monoisotopic (exact) mass is 361 g/mol. The summed E-state index contributed by atoms with van der Waals surface area (Å²) in [6.45, 7) is 2.86. The van der Waals surface area contributed by atoms with Gasteiger partial charge in [-0.25, -0.2) is 18.7 Å². The minimum Gasteiger partial charge on any atom is -0.368 e. The molecule has 0 radical (unpaired) electrons. The van der Waals surface area contributed by atoms with Crippen LogP contribution in [0.25, 0.3) is 0 Å². The number of anilines is 2. The van der Waals surface area contributed by atoms with Crippen LogP contribution in [0, 0.1) is 11.6 Å². The summed E-state index contributed by atoms with van der Waals surface area (Å²) in [5, 5.41) is 5.83. The van der Waals surface area contributed by atoms with Gasteiger partial charge >= 0.3 is 0 Å². The summed E-state index contributed by atoms with van der Waals surface area (Å²) in [6, 6.07) is 5.09. The Morgan fingerprint density at radius 3 is 2.69 bits per heavy atom. The molecule has 1 amide bonds. The normalized spacial score (nSPS) is 13.7. The molecular formula is C18H21F2N5O. The summed E-state index contributed by atoms with van der Waals surface area (Å²) in [5.41, 5.74) is 0.169. The molecule has 2 aromatic rings. The van der Waals surface area contributed by atoms with Crippen molar-refractivity contribution in [3.63, 3.8) is 0 Å². The van der Waals surface area contributed by atoms with Crippen LogP contribution in [0.1, 0.15) is 18.4 Å². The molecule has 26 heavy (non-hydrogen) atoms. The molecule has 3 rings (SSSR count). The van der Waals surface area contributed by atoms with Gasteiger partial charge in [0, 0.05) is 38.3 Å². The van der Waals surface area contributed by atoms with E-state index in [1.54, 1.807) is 0 Å². The van der Waals surface area contributed by atoms with Crippen LogP contribution in [-0.4, -0.2) is 42.1 Å². The van der Waals surface area contributed by atoms with Gasteiger partial charge in [0.1, 0.15) is 29.6 Å². The van der Waals surface area contributed by atoms with Gasteiger partial charge in [-0.1, -0.05) is 6.07 Å². The smallest absolute Gasteiger partial charge is 0.224 e. The molecule has 1 aromatic heterocycles. The molecular weight excluding hydrogens is 340 g/mol. The first-order valence-corrected chi connectivity index (χ1v) is 8.63. The molecule has 2 N–H and O–H groups in total. The standard InChI is InChI=1S/C18H21F2N5O/c19-14-4-3-13(15(20)10-14)9-18(26)22-6-5-21-16-11-17(24-12-23-16)25-7-1-2-8-25/h3-4,10-12H,1-2,5-9H2,(H,22,26)(H,21,23,24). The Morgan fingerprint density at radius 2 is 1.92 bits per heavy atom. The third-order valence-electron chi connectivity index (χ3n) is 4.20. The van der Waals surface area contributed by atoms with Crippen molar-refractivity contribution in [2.75, 3.05) is 36.4 Å². The first-order valence-electron chi connectivity index (χ1n) is 8.63. The predicted molar refractivity (Wildman–Crippen MR) is 95.0 cm³/mol. The van der Waals surface area contributed by atoms with Gasteiger partial charge in [0.15, 0.2) is 0 Å². The fourth-order valence-corrected chi connectivity index (χ4v) is 2.86. The molecule has 138 valence electrons. The van der Waals surface area contributed by atoms with Gasteiger partial charge in [-0.3, -0.25) is 4.79 Å². The van der Waals surface area contributed by atoms with E-state index in [4.69, 9.17) is 0 Å². The summed E-state index contributed by atoms with van der Waals surface area (Å²) in [4.78, 5) is 22.5. The van der Waals surface area contributed by atoms with Crippen molar-refractivity contribution in [3.8, 4) is 0 Å². The van der Waals surface area contributed by atoms with Gasteiger partial charge in [-0.05, 0) is 24.5 Å². The van der Waals surface area contributed by atoms with Gasteiger partial charge < -0.3 is 15.5 Å². The largest absolute Gasteiger partial charge is 0.368 e. The van der Waals surface area contributed by atoms with Gasteiger partial charge in [-0.2, -0.15) is 0 Å². The zero-order chi connectivity index (χ0) is 18.4. The Hall–Kier alpha value is -2.77. The van der Waals surface area contributed by atoms with E-state index in [1.807, 2.05) is 6.07 Å². The first kappa shape index (κ1) is 18.0. The first-order chi connectivity index (χ1) is 12.6. The lowest BCUT2D eigenvalue weighted by Crippen LogP contribution is -2.30. The Bertz CT molecular complexity index is 765. The van der Waals surface area contributed by atoms with E-state index in [2.05, 4.69) is 25.5 Å². The lowest BCUT2D eigenvalue weighted by Gasteiger charge is -2.16. The average molecular weight is 361 g/mol. The number of aromatic nitrogens is 2. The summed E-state index contributed by atoms with van der Waals surface area (Å²) in [5.74, 6) is -0.1000. The molecule has 0 spiro atoms. The van der Waals surface area contributed by atoms with Crippen LogP contribution in [0.15, 0.2) is 30.6 Å². The van der Waals surface area contributed by atoms with Crippen LogP contribution in [0.2, 0.25) is 0 Å². The molecule has 8 heteroatoms. The van der Waals surface area contributed by atoms with E-state index in [0.717, 1.165) is 31.0 Å². The maximum atomic E-state index is 13.5. The van der Waals surface area contributed by atoms with E-state index < -0.39 is 11.6 Å². The third kappa shape index (κ3) is 4.87. The zero-order valence-electron chi connectivity index (χ0n) is 14.3. The minimum absolute atomic E-state index is 0.126. The summed E-state index contributed by atoms with van der Waals surface area (Å²) in [6.07, 6.45) is 3.74. The van der Waals surface area contributed by atoms with Crippen LogP contribution >= 0.6 is 0 Å². The molecule has 6 nitrogen and oxygen atoms in total. The second-order valence-electron chi connectivity index (χ2n) is 6.14. The second kappa shape index (κ2) is 8.55. The molecule has 0 unspecified atom stereocenters. The highest BCUT2D eigenvalue weighted by atomic mass is 19.1.